The summed E-state index contributed by atoms with van der Waals surface area (Å²) in [5, 5.41) is 1.64. The fourth-order valence-electron chi connectivity index (χ4n) is 1.16. The summed E-state index contributed by atoms with van der Waals surface area (Å²) in [6.07, 6.45) is 0.525. The van der Waals surface area contributed by atoms with Gasteiger partial charge in [-0.05, 0) is 18.7 Å². The summed E-state index contributed by atoms with van der Waals surface area (Å²) in [5.41, 5.74) is 0.599. The monoisotopic (exact) mass is 298 g/mol. The maximum Gasteiger partial charge on any atom is 0.401 e. The molecule has 0 atom stereocenters. The molecule has 8 heteroatoms. The van der Waals surface area contributed by atoms with E-state index in [1.165, 1.54) is 0 Å². The van der Waals surface area contributed by atoms with E-state index in [0.29, 0.717) is 12.0 Å². The fourth-order valence-corrected chi connectivity index (χ4v) is 2.76. The first-order valence-electron chi connectivity index (χ1n) is 4.80. The SMILES string of the molecule is CCOC(=O)c1scc(CC)c1OS(=O)(=O)Cl. The molecule has 0 aliphatic heterocycles. The molecule has 0 saturated heterocycles. The normalized spacial score (nSPS) is 11.2. The Hall–Kier alpha value is -0.790. The van der Waals surface area contributed by atoms with Crippen molar-refractivity contribution >= 4 is 37.3 Å². The molecule has 0 saturated carbocycles. The zero-order valence-corrected chi connectivity index (χ0v) is 11.6. The van der Waals surface area contributed by atoms with Crippen LogP contribution in [0.4, 0.5) is 0 Å². The number of esters is 1. The summed E-state index contributed by atoms with van der Waals surface area (Å²) in [4.78, 5) is 11.7. The minimum atomic E-state index is -4.18. The molecule has 0 fully saturated rings. The molecule has 1 rings (SSSR count). The molecule has 0 radical (unpaired) electrons. The van der Waals surface area contributed by atoms with Crippen molar-refractivity contribution < 1.29 is 22.1 Å². The van der Waals surface area contributed by atoms with Crippen LogP contribution in [-0.4, -0.2) is 21.0 Å². The second kappa shape index (κ2) is 5.70. The number of carbonyl (C=O) groups excluding carboxylic acids is 1. The fraction of sp³-hybridized carbons (Fsp3) is 0.444. The molecule has 1 heterocycles. The average molecular weight is 299 g/mol. The zero-order valence-electron chi connectivity index (χ0n) is 9.23. The van der Waals surface area contributed by atoms with E-state index >= 15 is 0 Å². The Bertz CT molecular complexity index is 505. The minimum Gasteiger partial charge on any atom is -0.462 e. The molecular formula is C9H11ClO5S2. The molecule has 5 nitrogen and oxygen atoms in total. The van der Waals surface area contributed by atoms with E-state index in [4.69, 9.17) is 15.4 Å². The van der Waals surface area contributed by atoms with E-state index in [-0.39, 0.29) is 17.2 Å². The Morgan fingerprint density at radius 3 is 2.59 bits per heavy atom. The lowest BCUT2D eigenvalue weighted by Gasteiger charge is -2.05. The lowest BCUT2D eigenvalue weighted by Crippen LogP contribution is -2.08. The predicted molar refractivity (Wildman–Crippen MR) is 65.1 cm³/mol. The number of hydrogen-bond acceptors (Lipinski definition) is 6. The first-order chi connectivity index (χ1) is 7.89. The van der Waals surface area contributed by atoms with Crippen molar-refractivity contribution in [3.8, 4) is 5.75 Å². The van der Waals surface area contributed by atoms with Gasteiger partial charge in [0.05, 0.1) is 17.3 Å². The summed E-state index contributed by atoms with van der Waals surface area (Å²) >= 11 is 1.07. The number of thiophene rings is 1. The van der Waals surface area contributed by atoms with Crippen LogP contribution in [0.3, 0.4) is 0 Å². The van der Waals surface area contributed by atoms with E-state index in [1.54, 1.807) is 12.3 Å². The van der Waals surface area contributed by atoms with Crippen LogP contribution in [0, 0.1) is 0 Å². The first kappa shape index (κ1) is 14.3. The van der Waals surface area contributed by atoms with Gasteiger partial charge >= 0.3 is 15.3 Å². The third-order valence-corrected chi connectivity index (χ3v) is 3.39. The highest BCUT2D eigenvalue weighted by Crippen LogP contribution is 2.33. The van der Waals surface area contributed by atoms with Crippen LogP contribution in [0.25, 0.3) is 0 Å². The standard InChI is InChI=1S/C9H11ClO5S2/c1-3-6-5-16-8(9(11)14-4-2)7(6)15-17(10,12)13/h5H,3-4H2,1-2H3. The highest BCUT2D eigenvalue weighted by Gasteiger charge is 2.23. The van der Waals surface area contributed by atoms with Crippen molar-refractivity contribution in [2.75, 3.05) is 6.61 Å². The van der Waals surface area contributed by atoms with Gasteiger partial charge in [-0.1, -0.05) is 6.92 Å². The van der Waals surface area contributed by atoms with Gasteiger partial charge < -0.3 is 8.92 Å². The molecule has 0 aliphatic carbocycles. The Balaban J connectivity index is 3.14. The van der Waals surface area contributed by atoms with Gasteiger partial charge in [-0.2, -0.15) is 8.42 Å². The minimum absolute atomic E-state index is 0.0362. The van der Waals surface area contributed by atoms with Crippen LogP contribution in [0.15, 0.2) is 5.38 Å². The smallest absolute Gasteiger partial charge is 0.401 e. The predicted octanol–water partition coefficient (Wildman–Crippen LogP) is 2.35. The van der Waals surface area contributed by atoms with E-state index in [0.717, 1.165) is 11.3 Å². The second-order valence-electron chi connectivity index (χ2n) is 2.97. The van der Waals surface area contributed by atoms with Crippen molar-refractivity contribution in [1.29, 1.82) is 0 Å². The maximum atomic E-state index is 11.6. The largest absolute Gasteiger partial charge is 0.462 e. The van der Waals surface area contributed by atoms with Crippen molar-refractivity contribution in [2.45, 2.75) is 20.3 Å². The number of carbonyl (C=O) groups is 1. The zero-order chi connectivity index (χ0) is 13.1. The van der Waals surface area contributed by atoms with Crippen molar-refractivity contribution in [2.24, 2.45) is 0 Å². The van der Waals surface area contributed by atoms with E-state index in [9.17, 15) is 13.2 Å². The third-order valence-electron chi connectivity index (χ3n) is 1.84. The molecule has 0 aromatic carbocycles. The van der Waals surface area contributed by atoms with Gasteiger partial charge in [-0.3, -0.25) is 0 Å². The van der Waals surface area contributed by atoms with Crippen molar-refractivity contribution in [3.05, 3.63) is 15.8 Å². The average Bonchev–Trinajstić information content (AvgIpc) is 2.58. The lowest BCUT2D eigenvalue weighted by atomic mass is 10.2. The Morgan fingerprint density at radius 2 is 2.12 bits per heavy atom. The highest BCUT2D eigenvalue weighted by atomic mass is 35.7. The van der Waals surface area contributed by atoms with Crippen molar-refractivity contribution in [3.63, 3.8) is 0 Å². The molecule has 0 spiro atoms. The van der Waals surface area contributed by atoms with Gasteiger partial charge in [0.1, 0.15) is 0 Å². The molecule has 0 amide bonds. The van der Waals surface area contributed by atoms with Crippen molar-refractivity contribution in [1.82, 2.24) is 0 Å². The topological polar surface area (TPSA) is 69.7 Å². The van der Waals surface area contributed by atoms with Gasteiger partial charge in [0, 0.05) is 5.56 Å². The summed E-state index contributed by atoms with van der Waals surface area (Å²) in [5.74, 6) is -0.654. The van der Waals surface area contributed by atoms with Gasteiger partial charge in [0.2, 0.25) is 0 Å². The Labute approximate surface area is 108 Å². The molecule has 1 aromatic rings. The number of rotatable bonds is 5. The molecule has 0 unspecified atom stereocenters. The first-order valence-corrected chi connectivity index (χ1v) is 7.92. The quantitative estimate of drug-likeness (QED) is 0.616. The molecule has 0 N–H and O–H groups in total. The second-order valence-corrected chi connectivity index (χ2v) is 5.94. The van der Waals surface area contributed by atoms with Crippen LogP contribution >= 0.6 is 22.0 Å². The number of hydrogen-bond donors (Lipinski definition) is 0. The third kappa shape index (κ3) is 3.86. The summed E-state index contributed by atoms with van der Waals surface area (Å²) < 4.78 is 31.2. The van der Waals surface area contributed by atoms with E-state index in [1.807, 2.05) is 6.92 Å². The van der Waals surface area contributed by atoms with Crippen LogP contribution in [0.2, 0.25) is 0 Å². The molecule has 17 heavy (non-hydrogen) atoms. The lowest BCUT2D eigenvalue weighted by molar-refractivity contribution is 0.0530. The molecule has 96 valence electrons. The van der Waals surface area contributed by atoms with Crippen LogP contribution in [-0.2, 0) is 20.5 Å². The van der Waals surface area contributed by atoms with Crippen LogP contribution in [0.1, 0.15) is 29.1 Å². The molecule has 0 bridgehead atoms. The van der Waals surface area contributed by atoms with Gasteiger partial charge in [0.25, 0.3) is 0 Å². The number of aryl methyl sites for hydroxylation is 1. The summed E-state index contributed by atoms with van der Waals surface area (Å²) in [6, 6.07) is 0. The Kier molecular flexibility index (Phi) is 4.79. The highest BCUT2D eigenvalue weighted by molar-refractivity contribution is 8.10. The molecule has 1 aromatic heterocycles. The van der Waals surface area contributed by atoms with Gasteiger partial charge in [0.15, 0.2) is 10.6 Å². The van der Waals surface area contributed by atoms with E-state index in [2.05, 4.69) is 4.18 Å². The molecular weight excluding hydrogens is 288 g/mol. The van der Waals surface area contributed by atoms with Crippen LogP contribution in [0.5, 0.6) is 5.75 Å². The number of halogens is 1. The molecule has 0 aliphatic rings. The summed E-state index contributed by atoms with van der Waals surface area (Å²) in [6.45, 7) is 3.67. The maximum absolute atomic E-state index is 11.6. The van der Waals surface area contributed by atoms with Crippen LogP contribution < -0.4 is 4.18 Å². The van der Waals surface area contributed by atoms with Gasteiger partial charge in [-0.25, -0.2) is 4.79 Å². The number of ether oxygens (including phenoxy) is 1. The van der Waals surface area contributed by atoms with Gasteiger partial charge in [-0.15, -0.1) is 11.3 Å². The Morgan fingerprint density at radius 1 is 1.47 bits per heavy atom. The summed E-state index contributed by atoms with van der Waals surface area (Å²) in [7, 11) is 0.830. The van der Waals surface area contributed by atoms with E-state index < -0.39 is 15.3 Å².